The van der Waals surface area contributed by atoms with Crippen LogP contribution in [0, 0.1) is 0 Å². The predicted octanol–water partition coefficient (Wildman–Crippen LogP) is 3.61. The summed E-state index contributed by atoms with van der Waals surface area (Å²) in [4.78, 5) is 24.7. The molecule has 0 saturated heterocycles. The van der Waals surface area contributed by atoms with Crippen LogP contribution < -0.4 is 4.74 Å². The smallest absolute Gasteiger partial charge is 0.338 e. The van der Waals surface area contributed by atoms with Crippen LogP contribution in [0.2, 0.25) is 0 Å². The van der Waals surface area contributed by atoms with E-state index in [1.807, 2.05) is 18.2 Å². The fourth-order valence-corrected chi connectivity index (χ4v) is 2.97. The predicted molar refractivity (Wildman–Crippen MR) is 90.7 cm³/mol. The van der Waals surface area contributed by atoms with Crippen LogP contribution in [-0.4, -0.2) is 25.0 Å². The average molecular weight is 324 g/mol. The van der Waals surface area contributed by atoms with Gasteiger partial charge in [0.1, 0.15) is 5.75 Å². The highest BCUT2D eigenvalue weighted by atomic mass is 16.5. The summed E-state index contributed by atoms with van der Waals surface area (Å²) < 4.78 is 10.4. The normalized spacial score (nSPS) is 13.9. The second kappa shape index (κ2) is 6.87. The topological polar surface area (TPSA) is 52.6 Å². The summed E-state index contributed by atoms with van der Waals surface area (Å²) in [6, 6.07) is 12.4. The van der Waals surface area contributed by atoms with Crippen LogP contribution in [0.5, 0.6) is 5.75 Å². The molecule has 0 N–H and O–H groups in total. The summed E-state index contributed by atoms with van der Waals surface area (Å²) >= 11 is 0. The third-order valence-electron chi connectivity index (χ3n) is 4.36. The molecule has 0 unspecified atom stereocenters. The van der Waals surface area contributed by atoms with Gasteiger partial charge in [0.05, 0.1) is 12.7 Å². The van der Waals surface area contributed by atoms with Crippen molar-refractivity contribution in [2.24, 2.45) is 0 Å². The number of benzene rings is 2. The Morgan fingerprint density at radius 2 is 1.62 bits per heavy atom. The first-order valence-electron chi connectivity index (χ1n) is 8.09. The van der Waals surface area contributed by atoms with Gasteiger partial charge in [-0.3, -0.25) is 4.79 Å². The number of ketones is 1. The fourth-order valence-electron chi connectivity index (χ4n) is 2.97. The number of hydrogen-bond acceptors (Lipinski definition) is 4. The molecule has 2 aromatic carbocycles. The van der Waals surface area contributed by atoms with Crippen LogP contribution in [0.1, 0.15) is 45.2 Å². The Balaban J connectivity index is 1.68. The number of carbonyl (C=O) groups is 2. The quantitative estimate of drug-likeness (QED) is 0.623. The molecule has 0 amide bonds. The van der Waals surface area contributed by atoms with E-state index < -0.39 is 12.1 Å². The number of fused-ring (bicyclic) bond motifs is 1. The van der Waals surface area contributed by atoms with Gasteiger partial charge >= 0.3 is 5.97 Å². The number of Topliss-reactive ketones (excluding diaryl/α,β-unsaturated/α-hetero) is 1. The summed E-state index contributed by atoms with van der Waals surface area (Å²) in [7, 11) is 1.56. The molecule has 0 aliphatic heterocycles. The third-order valence-corrected chi connectivity index (χ3v) is 4.36. The largest absolute Gasteiger partial charge is 0.497 e. The second-order valence-corrected chi connectivity index (χ2v) is 5.98. The molecule has 0 spiro atoms. The molecule has 4 nitrogen and oxygen atoms in total. The SMILES string of the molecule is COc1ccc(C(=O)O[C@H](C)C(=O)c2ccc3c(c2)CCC3)cc1. The number of aryl methyl sites for hydroxylation is 2. The maximum Gasteiger partial charge on any atom is 0.338 e. The van der Waals surface area contributed by atoms with Crippen LogP contribution in [0.15, 0.2) is 42.5 Å². The van der Waals surface area contributed by atoms with Gasteiger partial charge in [-0.05, 0) is 67.6 Å². The highest BCUT2D eigenvalue weighted by molar-refractivity contribution is 6.01. The molecule has 0 radical (unpaired) electrons. The highest BCUT2D eigenvalue weighted by Gasteiger charge is 2.22. The number of esters is 1. The zero-order valence-corrected chi connectivity index (χ0v) is 13.9. The molecule has 124 valence electrons. The molecule has 0 bridgehead atoms. The van der Waals surface area contributed by atoms with Crippen molar-refractivity contribution in [3.05, 3.63) is 64.7 Å². The van der Waals surface area contributed by atoms with Crippen LogP contribution in [0.4, 0.5) is 0 Å². The third kappa shape index (κ3) is 3.32. The Kier molecular flexibility index (Phi) is 4.65. The van der Waals surface area contributed by atoms with Gasteiger partial charge in [0.2, 0.25) is 5.78 Å². The Morgan fingerprint density at radius 1 is 0.958 bits per heavy atom. The molecular weight excluding hydrogens is 304 g/mol. The molecule has 1 aliphatic rings. The molecule has 24 heavy (non-hydrogen) atoms. The van der Waals surface area contributed by atoms with E-state index in [1.165, 1.54) is 11.1 Å². The molecule has 1 atom stereocenters. The van der Waals surface area contributed by atoms with Crippen LogP contribution in [-0.2, 0) is 17.6 Å². The minimum Gasteiger partial charge on any atom is -0.497 e. The first-order valence-corrected chi connectivity index (χ1v) is 8.09. The standard InChI is InChI=1S/C20H20O4/c1-13(24-20(22)15-8-10-18(23-2)11-9-15)19(21)17-7-6-14-4-3-5-16(14)12-17/h6-13H,3-5H2,1-2H3/t13-/m1/s1. The Morgan fingerprint density at radius 3 is 2.33 bits per heavy atom. The molecule has 0 aromatic heterocycles. The molecule has 3 rings (SSSR count). The summed E-state index contributed by atoms with van der Waals surface area (Å²) in [5, 5.41) is 0. The van der Waals surface area contributed by atoms with E-state index in [4.69, 9.17) is 9.47 Å². The lowest BCUT2D eigenvalue weighted by molar-refractivity contribution is 0.0319. The lowest BCUT2D eigenvalue weighted by atomic mass is 10.0. The van der Waals surface area contributed by atoms with Crippen LogP contribution >= 0.6 is 0 Å². The van der Waals surface area contributed by atoms with E-state index in [-0.39, 0.29) is 5.78 Å². The van der Waals surface area contributed by atoms with Crippen molar-refractivity contribution in [2.75, 3.05) is 7.11 Å². The van der Waals surface area contributed by atoms with Crippen molar-refractivity contribution < 1.29 is 19.1 Å². The lowest BCUT2D eigenvalue weighted by Gasteiger charge is -2.13. The maximum absolute atomic E-state index is 12.5. The van der Waals surface area contributed by atoms with Crippen molar-refractivity contribution in [2.45, 2.75) is 32.3 Å². The van der Waals surface area contributed by atoms with Gasteiger partial charge in [0.15, 0.2) is 6.10 Å². The first kappa shape index (κ1) is 16.2. The number of rotatable bonds is 5. The van der Waals surface area contributed by atoms with Crippen molar-refractivity contribution in [1.82, 2.24) is 0 Å². The van der Waals surface area contributed by atoms with Gasteiger partial charge in [0.25, 0.3) is 0 Å². The summed E-state index contributed by atoms with van der Waals surface area (Å²) in [5.41, 5.74) is 3.54. The van der Waals surface area contributed by atoms with Gasteiger partial charge in [-0.15, -0.1) is 0 Å². The summed E-state index contributed by atoms with van der Waals surface area (Å²) in [6.45, 7) is 1.61. The second-order valence-electron chi connectivity index (χ2n) is 5.98. The van der Waals surface area contributed by atoms with E-state index in [9.17, 15) is 9.59 Å². The van der Waals surface area contributed by atoms with Crippen molar-refractivity contribution in [3.8, 4) is 5.75 Å². The fraction of sp³-hybridized carbons (Fsp3) is 0.300. The van der Waals surface area contributed by atoms with Gasteiger partial charge in [-0.1, -0.05) is 12.1 Å². The van der Waals surface area contributed by atoms with E-state index in [2.05, 4.69) is 0 Å². The van der Waals surface area contributed by atoms with E-state index in [1.54, 1.807) is 38.3 Å². The van der Waals surface area contributed by atoms with Crippen LogP contribution in [0.3, 0.4) is 0 Å². The zero-order chi connectivity index (χ0) is 17.1. The van der Waals surface area contributed by atoms with Gasteiger partial charge in [-0.2, -0.15) is 0 Å². The Bertz CT molecular complexity index is 762. The first-order chi connectivity index (χ1) is 11.6. The maximum atomic E-state index is 12.5. The monoisotopic (exact) mass is 324 g/mol. The number of carbonyl (C=O) groups excluding carboxylic acids is 2. The lowest BCUT2D eigenvalue weighted by Crippen LogP contribution is -2.24. The van der Waals surface area contributed by atoms with E-state index in [0.29, 0.717) is 16.9 Å². The number of methoxy groups -OCH3 is 1. The van der Waals surface area contributed by atoms with Gasteiger partial charge in [0, 0.05) is 5.56 Å². The molecule has 4 heteroatoms. The van der Waals surface area contributed by atoms with Gasteiger partial charge in [-0.25, -0.2) is 4.79 Å². The highest BCUT2D eigenvalue weighted by Crippen LogP contribution is 2.23. The molecule has 0 saturated carbocycles. The molecule has 0 fully saturated rings. The average Bonchev–Trinajstić information content (AvgIpc) is 3.08. The Hall–Kier alpha value is -2.62. The summed E-state index contributed by atoms with van der Waals surface area (Å²) in [5.74, 6) is -0.0277. The van der Waals surface area contributed by atoms with Gasteiger partial charge < -0.3 is 9.47 Å². The van der Waals surface area contributed by atoms with E-state index >= 15 is 0 Å². The zero-order valence-electron chi connectivity index (χ0n) is 13.9. The minimum absolute atomic E-state index is 0.174. The summed E-state index contributed by atoms with van der Waals surface area (Å²) in [6.07, 6.45) is 2.40. The number of ether oxygens (including phenoxy) is 2. The van der Waals surface area contributed by atoms with Crippen molar-refractivity contribution in [3.63, 3.8) is 0 Å². The molecule has 1 aliphatic carbocycles. The number of hydrogen-bond donors (Lipinski definition) is 0. The Labute approximate surface area is 141 Å². The van der Waals surface area contributed by atoms with Crippen molar-refractivity contribution in [1.29, 1.82) is 0 Å². The van der Waals surface area contributed by atoms with E-state index in [0.717, 1.165) is 19.3 Å². The van der Waals surface area contributed by atoms with Crippen molar-refractivity contribution >= 4 is 11.8 Å². The molecule has 0 heterocycles. The molecule has 2 aromatic rings. The van der Waals surface area contributed by atoms with Crippen LogP contribution in [0.25, 0.3) is 0 Å². The molecular formula is C20H20O4. The minimum atomic E-state index is -0.820.